The molecule has 1 fully saturated rings. The van der Waals surface area contributed by atoms with Gasteiger partial charge in [0.1, 0.15) is 5.01 Å². The van der Waals surface area contributed by atoms with Crippen LogP contribution in [0.2, 0.25) is 0 Å². The molecule has 5 nitrogen and oxygen atoms in total. The second kappa shape index (κ2) is 6.66. The summed E-state index contributed by atoms with van der Waals surface area (Å²) in [6.07, 6.45) is 0. The Morgan fingerprint density at radius 2 is 1.74 bits per heavy atom. The molecule has 1 saturated heterocycles. The highest BCUT2D eigenvalue weighted by molar-refractivity contribution is 7.15. The predicted octanol–water partition coefficient (Wildman–Crippen LogP) is 2.93. The summed E-state index contributed by atoms with van der Waals surface area (Å²) in [5.74, 6) is 0.603. The third-order valence-corrected chi connectivity index (χ3v) is 5.08. The second-order valence-corrected chi connectivity index (χ2v) is 7.32. The van der Waals surface area contributed by atoms with E-state index in [4.69, 9.17) is 0 Å². The van der Waals surface area contributed by atoms with E-state index in [1.807, 2.05) is 24.0 Å². The Labute approximate surface area is 140 Å². The maximum absolute atomic E-state index is 12.6. The summed E-state index contributed by atoms with van der Waals surface area (Å²) in [6.45, 7) is 9.35. The van der Waals surface area contributed by atoms with E-state index in [9.17, 15) is 4.79 Å². The van der Waals surface area contributed by atoms with Crippen molar-refractivity contribution in [1.82, 2.24) is 15.1 Å². The molecule has 6 heteroatoms. The Morgan fingerprint density at radius 1 is 1.09 bits per heavy atom. The molecule has 2 heterocycles. The minimum atomic E-state index is 0.119. The number of hydrogen-bond donors (Lipinski definition) is 0. The Balaban J connectivity index is 1.61. The third-order valence-electron chi connectivity index (χ3n) is 4.18. The summed E-state index contributed by atoms with van der Waals surface area (Å²) in [5, 5.41) is 10.2. The van der Waals surface area contributed by atoms with Crippen LogP contribution in [-0.2, 0) is 0 Å². The van der Waals surface area contributed by atoms with Crippen molar-refractivity contribution in [1.29, 1.82) is 0 Å². The van der Waals surface area contributed by atoms with Crippen LogP contribution in [0.1, 0.15) is 40.7 Å². The second-order valence-electron chi connectivity index (χ2n) is 6.16. The molecule has 0 N–H and O–H groups in total. The van der Waals surface area contributed by atoms with Gasteiger partial charge in [-0.25, -0.2) is 0 Å². The molecule has 1 aliphatic heterocycles. The van der Waals surface area contributed by atoms with Gasteiger partial charge < -0.3 is 9.80 Å². The van der Waals surface area contributed by atoms with Gasteiger partial charge >= 0.3 is 0 Å². The van der Waals surface area contributed by atoms with Crippen molar-refractivity contribution in [2.45, 2.75) is 26.7 Å². The molecule has 1 aliphatic rings. The Morgan fingerprint density at radius 3 is 2.26 bits per heavy atom. The molecule has 1 aromatic carbocycles. The van der Waals surface area contributed by atoms with Crippen LogP contribution in [0.5, 0.6) is 0 Å². The van der Waals surface area contributed by atoms with E-state index in [1.54, 1.807) is 11.3 Å². The SMILES string of the molecule is Cc1nnc(N2CCN(C(=O)c3ccc(C(C)C)cc3)CC2)s1. The van der Waals surface area contributed by atoms with Gasteiger partial charge in [0.05, 0.1) is 0 Å². The molecule has 23 heavy (non-hydrogen) atoms. The number of amides is 1. The van der Waals surface area contributed by atoms with Gasteiger partial charge in [-0.1, -0.05) is 37.3 Å². The zero-order chi connectivity index (χ0) is 16.4. The number of nitrogens with zero attached hydrogens (tertiary/aromatic N) is 4. The normalized spacial score (nSPS) is 15.3. The van der Waals surface area contributed by atoms with E-state index in [-0.39, 0.29) is 5.91 Å². The summed E-state index contributed by atoms with van der Waals surface area (Å²) in [5.41, 5.74) is 2.03. The number of rotatable bonds is 3. The maximum atomic E-state index is 12.6. The first-order chi connectivity index (χ1) is 11.0. The smallest absolute Gasteiger partial charge is 0.253 e. The number of hydrogen-bond acceptors (Lipinski definition) is 5. The Hall–Kier alpha value is -1.95. The molecular weight excluding hydrogens is 308 g/mol. The quantitative estimate of drug-likeness (QED) is 0.868. The highest BCUT2D eigenvalue weighted by Crippen LogP contribution is 2.21. The van der Waals surface area contributed by atoms with Crippen molar-refractivity contribution in [2.75, 3.05) is 31.1 Å². The molecule has 0 saturated carbocycles. The van der Waals surface area contributed by atoms with Gasteiger partial charge in [-0.15, -0.1) is 10.2 Å². The van der Waals surface area contributed by atoms with Crippen molar-refractivity contribution in [3.8, 4) is 0 Å². The van der Waals surface area contributed by atoms with Crippen molar-refractivity contribution < 1.29 is 4.79 Å². The summed E-state index contributed by atoms with van der Waals surface area (Å²) >= 11 is 1.60. The summed E-state index contributed by atoms with van der Waals surface area (Å²) in [6, 6.07) is 7.99. The molecule has 2 aromatic rings. The van der Waals surface area contributed by atoms with Crippen molar-refractivity contribution in [3.05, 3.63) is 40.4 Å². The molecule has 3 rings (SSSR count). The number of aryl methyl sites for hydroxylation is 1. The van der Waals surface area contributed by atoms with Gasteiger partial charge in [-0.2, -0.15) is 0 Å². The van der Waals surface area contributed by atoms with E-state index < -0.39 is 0 Å². The molecular formula is C17H22N4OS. The average molecular weight is 330 g/mol. The molecule has 0 aliphatic carbocycles. The molecule has 1 amide bonds. The molecule has 0 unspecified atom stereocenters. The highest BCUT2D eigenvalue weighted by Gasteiger charge is 2.23. The van der Waals surface area contributed by atoms with Crippen LogP contribution in [0.25, 0.3) is 0 Å². The van der Waals surface area contributed by atoms with Gasteiger partial charge in [-0.3, -0.25) is 4.79 Å². The molecule has 122 valence electrons. The fraction of sp³-hybridized carbons (Fsp3) is 0.471. The molecule has 0 spiro atoms. The van der Waals surface area contributed by atoms with Gasteiger partial charge in [-0.05, 0) is 30.5 Å². The number of benzene rings is 1. The van der Waals surface area contributed by atoms with Crippen LogP contribution < -0.4 is 4.90 Å². The lowest BCUT2D eigenvalue weighted by Gasteiger charge is -2.34. The number of carbonyl (C=O) groups is 1. The lowest BCUT2D eigenvalue weighted by atomic mass is 10.0. The predicted molar refractivity (Wildman–Crippen MR) is 93.3 cm³/mol. The minimum absolute atomic E-state index is 0.119. The molecule has 1 aromatic heterocycles. The first-order valence-corrected chi connectivity index (χ1v) is 8.80. The molecule has 0 atom stereocenters. The summed E-state index contributed by atoms with van der Waals surface area (Å²) in [7, 11) is 0. The summed E-state index contributed by atoms with van der Waals surface area (Å²) < 4.78 is 0. The van der Waals surface area contributed by atoms with Crippen LogP contribution >= 0.6 is 11.3 Å². The highest BCUT2D eigenvalue weighted by atomic mass is 32.1. The largest absolute Gasteiger partial charge is 0.343 e. The van der Waals surface area contributed by atoms with E-state index in [2.05, 4.69) is 41.1 Å². The zero-order valence-corrected chi connectivity index (χ0v) is 14.6. The number of aromatic nitrogens is 2. The fourth-order valence-corrected chi connectivity index (χ4v) is 3.45. The fourth-order valence-electron chi connectivity index (χ4n) is 2.71. The van der Waals surface area contributed by atoms with Gasteiger partial charge in [0.25, 0.3) is 5.91 Å². The van der Waals surface area contributed by atoms with Crippen molar-refractivity contribution in [2.24, 2.45) is 0 Å². The average Bonchev–Trinajstić information content (AvgIpc) is 3.01. The lowest BCUT2D eigenvalue weighted by molar-refractivity contribution is 0.0746. The Kier molecular flexibility index (Phi) is 4.61. The molecule has 0 radical (unpaired) electrons. The number of carbonyl (C=O) groups excluding carboxylic acids is 1. The number of anilines is 1. The van der Waals surface area contributed by atoms with E-state index in [0.29, 0.717) is 5.92 Å². The van der Waals surface area contributed by atoms with Crippen molar-refractivity contribution in [3.63, 3.8) is 0 Å². The van der Waals surface area contributed by atoms with Crippen LogP contribution in [0.3, 0.4) is 0 Å². The van der Waals surface area contributed by atoms with Gasteiger partial charge in [0.2, 0.25) is 5.13 Å². The standard InChI is InChI=1S/C17H22N4OS/c1-12(2)14-4-6-15(7-5-14)16(22)20-8-10-21(11-9-20)17-19-18-13(3)23-17/h4-7,12H,8-11H2,1-3H3. The lowest BCUT2D eigenvalue weighted by Crippen LogP contribution is -2.48. The minimum Gasteiger partial charge on any atom is -0.343 e. The van der Waals surface area contributed by atoms with E-state index in [1.165, 1.54) is 5.56 Å². The van der Waals surface area contributed by atoms with Crippen LogP contribution in [-0.4, -0.2) is 47.2 Å². The first-order valence-electron chi connectivity index (χ1n) is 7.99. The monoisotopic (exact) mass is 330 g/mol. The molecule has 0 bridgehead atoms. The topological polar surface area (TPSA) is 49.3 Å². The number of piperazine rings is 1. The van der Waals surface area contributed by atoms with Gasteiger partial charge in [0.15, 0.2) is 0 Å². The first kappa shape index (κ1) is 15.9. The van der Waals surface area contributed by atoms with Gasteiger partial charge in [0, 0.05) is 31.7 Å². The third kappa shape index (κ3) is 3.52. The van der Waals surface area contributed by atoms with Crippen LogP contribution in [0.4, 0.5) is 5.13 Å². The van der Waals surface area contributed by atoms with Crippen molar-refractivity contribution >= 4 is 22.4 Å². The Bertz CT molecular complexity index is 672. The van der Waals surface area contributed by atoms with E-state index in [0.717, 1.165) is 41.9 Å². The maximum Gasteiger partial charge on any atom is 0.253 e. The summed E-state index contributed by atoms with van der Waals surface area (Å²) in [4.78, 5) is 16.7. The van der Waals surface area contributed by atoms with E-state index >= 15 is 0 Å². The van der Waals surface area contributed by atoms with Crippen LogP contribution in [0, 0.1) is 6.92 Å². The zero-order valence-electron chi connectivity index (χ0n) is 13.8. The van der Waals surface area contributed by atoms with Crippen LogP contribution in [0.15, 0.2) is 24.3 Å².